The normalized spacial score (nSPS) is 28.3. The quantitative estimate of drug-likeness (QED) is 0.404. The van der Waals surface area contributed by atoms with E-state index in [4.69, 9.17) is 30.5 Å². The highest BCUT2D eigenvalue weighted by Crippen LogP contribution is 2.51. The Labute approximate surface area is 168 Å². The molecule has 1 aliphatic carbocycles. The Kier molecular flexibility index (Phi) is 5.53. The number of ether oxygens (including phenoxy) is 4. The summed E-state index contributed by atoms with van der Waals surface area (Å²) in [5, 5.41) is -0.495. The molecule has 0 spiro atoms. The lowest BCUT2D eigenvalue weighted by Crippen LogP contribution is -2.64. The zero-order valence-electron chi connectivity index (χ0n) is 16.2. The van der Waals surface area contributed by atoms with E-state index in [0.29, 0.717) is 12.0 Å². The van der Waals surface area contributed by atoms with Gasteiger partial charge in [0.2, 0.25) is 0 Å². The number of hydrogen-bond acceptors (Lipinski definition) is 7. The number of methoxy groups -OCH3 is 2. The Morgan fingerprint density at radius 3 is 2.61 bits per heavy atom. The Hall–Kier alpha value is -1.96. The number of Topliss-reactive ketones (excluding diaryl/α,β-unsaturated/α-hetero) is 2. The van der Waals surface area contributed by atoms with Crippen LogP contribution in [0.3, 0.4) is 0 Å². The molecule has 2 aliphatic rings. The SMILES string of the molecule is COCOc1cc(OC)c2c(c1)C(=O)[C@@]1(CC=O)OC(C)(C)[C@@H](Cl)C[C@H]1C2=O. The molecule has 0 radical (unpaired) electrons. The van der Waals surface area contributed by atoms with Crippen LogP contribution in [0.1, 0.15) is 47.4 Å². The standard InChI is InChI=1S/C20H23ClO7/c1-19(2)15(21)9-13-17(23)16-12(18(24)20(13,28-19)5-6-22)7-11(27-10-25-3)8-14(16)26-4/h6-8,13,15H,5,9-10H2,1-4H3/t13-,15-,20-/m0/s1. The molecule has 1 saturated heterocycles. The Morgan fingerprint density at radius 2 is 2.00 bits per heavy atom. The molecule has 1 aromatic rings. The molecule has 0 N–H and O–H groups in total. The van der Waals surface area contributed by atoms with E-state index in [0.717, 1.165) is 0 Å². The van der Waals surface area contributed by atoms with Gasteiger partial charge >= 0.3 is 0 Å². The first kappa shape index (κ1) is 20.8. The second kappa shape index (κ2) is 7.46. The van der Waals surface area contributed by atoms with E-state index < -0.39 is 28.3 Å². The van der Waals surface area contributed by atoms with Crippen molar-refractivity contribution >= 4 is 29.5 Å². The molecule has 0 saturated carbocycles. The summed E-state index contributed by atoms with van der Waals surface area (Å²) in [6, 6.07) is 2.99. The van der Waals surface area contributed by atoms with Crippen LogP contribution in [-0.4, -0.2) is 55.4 Å². The average Bonchev–Trinajstić information content (AvgIpc) is 2.66. The summed E-state index contributed by atoms with van der Waals surface area (Å²) in [7, 11) is 2.88. The van der Waals surface area contributed by atoms with E-state index >= 15 is 0 Å². The van der Waals surface area contributed by atoms with E-state index in [1.165, 1.54) is 26.4 Å². The van der Waals surface area contributed by atoms with Gasteiger partial charge in [0.05, 0.1) is 29.6 Å². The fourth-order valence-electron chi connectivity index (χ4n) is 4.01. The Balaban J connectivity index is 2.20. The number of fused-ring (bicyclic) bond motifs is 2. The number of rotatable bonds is 6. The summed E-state index contributed by atoms with van der Waals surface area (Å²) in [6.07, 6.45) is 0.591. The zero-order chi connectivity index (χ0) is 20.7. The molecular weight excluding hydrogens is 388 g/mol. The van der Waals surface area contributed by atoms with E-state index in [1.807, 2.05) is 0 Å². The number of halogens is 1. The van der Waals surface area contributed by atoms with Gasteiger partial charge in [0.25, 0.3) is 0 Å². The van der Waals surface area contributed by atoms with E-state index in [9.17, 15) is 14.4 Å². The third kappa shape index (κ3) is 3.11. The van der Waals surface area contributed by atoms with Crippen molar-refractivity contribution in [3.8, 4) is 11.5 Å². The van der Waals surface area contributed by atoms with Crippen LogP contribution in [0.15, 0.2) is 12.1 Å². The second-order valence-electron chi connectivity index (χ2n) is 7.51. The molecule has 7 nitrogen and oxygen atoms in total. The van der Waals surface area contributed by atoms with Gasteiger partial charge in [0, 0.05) is 25.2 Å². The summed E-state index contributed by atoms with van der Waals surface area (Å²) in [5.41, 5.74) is -2.21. The molecular formula is C20H23ClO7. The van der Waals surface area contributed by atoms with Crippen LogP contribution >= 0.6 is 11.6 Å². The molecule has 0 aromatic heterocycles. The highest BCUT2D eigenvalue weighted by molar-refractivity contribution is 6.24. The molecule has 152 valence electrons. The van der Waals surface area contributed by atoms with Crippen molar-refractivity contribution in [2.24, 2.45) is 5.92 Å². The molecule has 28 heavy (non-hydrogen) atoms. The van der Waals surface area contributed by atoms with Crippen molar-refractivity contribution in [1.29, 1.82) is 0 Å². The van der Waals surface area contributed by atoms with Crippen molar-refractivity contribution in [2.75, 3.05) is 21.0 Å². The first-order valence-electron chi connectivity index (χ1n) is 8.92. The predicted octanol–water partition coefficient (Wildman–Crippen LogP) is 2.81. The molecule has 1 heterocycles. The summed E-state index contributed by atoms with van der Waals surface area (Å²) < 4.78 is 21.8. The van der Waals surface area contributed by atoms with Crippen LogP contribution in [0.2, 0.25) is 0 Å². The topological polar surface area (TPSA) is 88.1 Å². The summed E-state index contributed by atoms with van der Waals surface area (Å²) in [5.74, 6) is -1.11. The monoisotopic (exact) mass is 410 g/mol. The van der Waals surface area contributed by atoms with Crippen molar-refractivity contribution in [3.63, 3.8) is 0 Å². The molecule has 1 aliphatic heterocycles. The lowest BCUT2D eigenvalue weighted by atomic mass is 9.64. The number of carbonyl (C=O) groups is 3. The maximum absolute atomic E-state index is 13.6. The van der Waals surface area contributed by atoms with E-state index in [1.54, 1.807) is 13.8 Å². The number of alkyl halides is 1. The van der Waals surface area contributed by atoms with Gasteiger partial charge in [-0.15, -0.1) is 11.6 Å². The van der Waals surface area contributed by atoms with Crippen LogP contribution in [0, 0.1) is 5.92 Å². The van der Waals surface area contributed by atoms with Crippen molar-refractivity contribution in [1.82, 2.24) is 0 Å². The molecule has 0 amide bonds. The largest absolute Gasteiger partial charge is 0.496 e. The summed E-state index contributed by atoms with van der Waals surface area (Å²) in [6.45, 7) is 3.46. The number of benzene rings is 1. The van der Waals surface area contributed by atoms with Crippen molar-refractivity contribution in [3.05, 3.63) is 23.3 Å². The second-order valence-corrected chi connectivity index (χ2v) is 8.04. The maximum atomic E-state index is 13.6. The van der Waals surface area contributed by atoms with E-state index in [-0.39, 0.29) is 42.3 Å². The Morgan fingerprint density at radius 1 is 1.29 bits per heavy atom. The first-order valence-corrected chi connectivity index (χ1v) is 9.36. The fraction of sp³-hybridized carbons (Fsp3) is 0.550. The number of carbonyl (C=O) groups excluding carboxylic acids is 3. The van der Waals surface area contributed by atoms with Crippen LogP contribution < -0.4 is 9.47 Å². The van der Waals surface area contributed by atoms with Gasteiger partial charge in [-0.05, 0) is 26.3 Å². The molecule has 8 heteroatoms. The zero-order valence-corrected chi connectivity index (χ0v) is 17.0. The molecule has 3 atom stereocenters. The minimum Gasteiger partial charge on any atom is -0.496 e. The van der Waals surface area contributed by atoms with Gasteiger partial charge in [-0.1, -0.05) is 0 Å². The van der Waals surface area contributed by atoms with Crippen molar-refractivity contribution in [2.45, 2.75) is 43.3 Å². The number of ketones is 2. The molecule has 3 rings (SSSR count). The number of hydrogen-bond donors (Lipinski definition) is 0. The third-order valence-electron chi connectivity index (χ3n) is 5.42. The lowest BCUT2D eigenvalue weighted by Gasteiger charge is -2.52. The van der Waals surface area contributed by atoms with Gasteiger partial charge in [0.1, 0.15) is 23.4 Å². The third-order valence-corrected chi connectivity index (χ3v) is 6.13. The Bertz CT molecular complexity index is 819. The predicted molar refractivity (Wildman–Crippen MR) is 100 cm³/mol. The molecule has 0 bridgehead atoms. The maximum Gasteiger partial charge on any atom is 0.196 e. The van der Waals surface area contributed by atoms with Crippen LogP contribution in [0.5, 0.6) is 11.5 Å². The van der Waals surface area contributed by atoms with Crippen LogP contribution in [-0.2, 0) is 14.3 Å². The fourth-order valence-corrected chi connectivity index (χ4v) is 4.23. The minimum atomic E-state index is -1.59. The molecule has 1 aromatic carbocycles. The average molecular weight is 411 g/mol. The lowest BCUT2D eigenvalue weighted by molar-refractivity contribution is -0.169. The highest BCUT2D eigenvalue weighted by Gasteiger charge is 2.61. The van der Waals surface area contributed by atoms with Crippen LogP contribution in [0.4, 0.5) is 0 Å². The van der Waals surface area contributed by atoms with Gasteiger partial charge in [-0.2, -0.15) is 0 Å². The van der Waals surface area contributed by atoms with Crippen molar-refractivity contribution < 1.29 is 33.3 Å². The van der Waals surface area contributed by atoms with Crippen LogP contribution in [0.25, 0.3) is 0 Å². The molecule has 1 fully saturated rings. The van der Waals surface area contributed by atoms with Gasteiger partial charge in [0.15, 0.2) is 18.4 Å². The van der Waals surface area contributed by atoms with Gasteiger partial charge in [-0.25, -0.2) is 0 Å². The summed E-state index contributed by atoms with van der Waals surface area (Å²) >= 11 is 6.44. The number of aldehydes is 1. The summed E-state index contributed by atoms with van der Waals surface area (Å²) in [4.78, 5) is 38.4. The smallest absolute Gasteiger partial charge is 0.196 e. The van der Waals surface area contributed by atoms with E-state index in [2.05, 4.69) is 0 Å². The highest BCUT2D eigenvalue weighted by atomic mass is 35.5. The minimum absolute atomic E-state index is 0.0381. The van der Waals surface area contributed by atoms with Gasteiger partial charge in [-0.3, -0.25) is 9.59 Å². The molecule has 0 unspecified atom stereocenters. The first-order chi connectivity index (χ1) is 13.2. The van der Waals surface area contributed by atoms with Gasteiger partial charge < -0.3 is 23.7 Å².